The molecule has 0 spiro atoms. The van der Waals surface area contributed by atoms with Crippen LogP contribution in [-0.4, -0.2) is 25.1 Å². The van der Waals surface area contributed by atoms with Crippen LogP contribution in [0.25, 0.3) is 5.69 Å². The van der Waals surface area contributed by atoms with Crippen molar-refractivity contribution in [2.45, 2.75) is 4.90 Å². The molecular formula is C10H11N3O3S2. The second-order valence-electron chi connectivity index (χ2n) is 3.61. The average Bonchev–Trinajstić information content (AvgIpc) is 2.94. The Hall–Kier alpha value is -1.64. The molecule has 0 aliphatic rings. The standard InChI is InChI=1S/C10H11N3O3S2/c1-18(15,16)7-6-17-9(10(14)12-11)8(7)13-4-2-3-5-13/h2-6H,11H2,1H3,(H,12,14). The molecule has 2 rings (SSSR count). The molecule has 8 heteroatoms. The first kappa shape index (κ1) is 12.8. The lowest BCUT2D eigenvalue weighted by molar-refractivity contribution is 0.0957. The Balaban J connectivity index is 2.73. The fourth-order valence-corrected chi connectivity index (χ4v) is 3.85. The van der Waals surface area contributed by atoms with E-state index in [4.69, 9.17) is 5.84 Å². The van der Waals surface area contributed by atoms with E-state index in [0.29, 0.717) is 5.69 Å². The number of aromatic nitrogens is 1. The maximum Gasteiger partial charge on any atom is 0.277 e. The summed E-state index contributed by atoms with van der Waals surface area (Å²) in [7, 11) is -3.41. The van der Waals surface area contributed by atoms with Crippen LogP contribution in [0.3, 0.4) is 0 Å². The Morgan fingerprint density at radius 1 is 1.39 bits per heavy atom. The Labute approximate surface area is 108 Å². The Kier molecular flexibility index (Phi) is 3.24. The second kappa shape index (κ2) is 4.56. The summed E-state index contributed by atoms with van der Waals surface area (Å²) >= 11 is 1.04. The summed E-state index contributed by atoms with van der Waals surface area (Å²) in [6.45, 7) is 0. The molecule has 0 unspecified atom stereocenters. The topological polar surface area (TPSA) is 94.2 Å². The van der Waals surface area contributed by atoms with Gasteiger partial charge in [-0.05, 0) is 12.1 Å². The Morgan fingerprint density at radius 2 is 2.00 bits per heavy atom. The summed E-state index contributed by atoms with van der Waals surface area (Å²) in [5.74, 6) is 4.58. The molecule has 0 bridgehead atoms. The van der Waals surface area contributed by atoms with E-state index in [1.807, 2.05) is 5.43 Å². The van der Waals surface area contributed by atoms with Gasteiger partial charge in [-0.1, -0.05) is 0 Å². The van der Waals surface area contributed by atoms with Crippen LogP contribution in [0.5, 0.6) is 0 Å². The molecule has 6 nitrogen and oxygen atoms in total. The largest absolute Gasteiger partial charge is 0.321 e. The number of rotatable bonds is 3. The van der Waals surface area contributed by atoms with Crippen LogP contribution in [0.15, 0.2) is 34.8 Å². The third kappa shape index (κ3) is 2.17. The highest BCUT2D eigenvalue weighted by Gasteiger charge is 2.24. The predicted molar refractivity (Wildman–Crippen MR) is 68.4 cm³/mol. The van der Waals surface area contributed by atoms with Crippen molar-refractivity contribution in [3.05, 3.63) is 34.8 Å². The molecule has 3 N–H and O–H groups in total. The smallest absolute Gasteiger partial charge is 0.277 e. The van der Waals surface area contributed by atoms with Gasteiger partial charge in [0.05, 0.1) is 5.69 Å². The van der Waals surface area contributed by atoms with Crippen molar-refractivity contribution in [3.8, 4) is 5.69 Å². The fraction of sp³-hybridized carbons (Fsp3) is 0.100. The minimum absolute atomic E-state index is 0.113. The number of hydrogen-bond acceptors (Lipinski definition) is 5. The van der Waals surface area contributed by atoms with Gasteiger partial charge in [-0.25, -0.2) is 14.3 Å². The maximum atomic E-state index is 11.7. The number of nitrogen functional groups attached to an aromatic ring is 1. The molecule has 0 saturated carbocycles. The molecular weight excluding hydrogens is 274 g/mol. The zero-order chi connectivity index (χ0) is 13.3. The lowest BCUT2D eigenvalue weighted by Gasteiger charge is -2.07. The van der Waals surface area contributed by atoms with Gasteiger partial charge in [0, 0.05) is 24.0 Å². The molecule has 2 aromatic rings. The van der Waals surface area contributed by atoms with E-state index in [1.165, 1.54) is 5.38 Å². The molecule has 0 saturated heterocycles. The quantitative estimate of drug-likeness (QED) is 0.489. The van der Waals surface area contributed by atoms with Gasteiger partial charge in [-0.15, -0.1) is 11.3 Å². The van der Waals surface area contributed by atoms with Gasteiger partial charge in [-0.3, -0.25) is 10.2 Å². The third-order valence-corrected chi connectivity index (χ3v) is 4.56. The summed E-state index contributed by atoms with van der Waals surface area (Å²) in [4.78, 5) is 12.0. The number of nitrogens with zero attached hydrogens (tertiary/aromatic N) is 1. The summed E-state index contributed by atoms with van der Waals surface area (Å²) in [6, 6.07) is 3.49. The van der Waals surface area contributed by atoms with Gasteiger partial charge in [0.1, 0.15) is 9.77 Å². The summed E-state index contributed by atoms with van der Waals surface area (Å²) in [5.41, 5.74) is 2.34. The molecule has 96 valence electrons. The molecule has 1 amide bonds. The van der Waals surface area contributed by atoms with Crippen LogP contribution in [-0.2, 0) is 9.84 Å². The van der Waals surface area contributed by atoms with Crippen molar-refractivity contribution in [2.24, 2.45) is 5.84 Å². The van der Waals surface area contributed by atoms with E-state index < -0.39 is 15.7 Å². The van der Waals surface area contributed by atoms with E-state index in [-0.39, 0.29) is 9.77 Å². The summed E-state index contributed by atoms with van der Waals surface area (Å²) in [5, 5.41) is 1.44. The SMILES string of the molecule is CS(=O)(=O)c1csc(C(=O)NN)c1-n1cccc1. The number of amides is 1. The molecule has 18 heavy (non-hydrogen) atoms. The van der Waals surface area contributed by atoms with Crippen molar-refractivity contribution in [1.29, 1.82) is 0 Å². The summed E-state index contributed by atoms with van der Waals surface area (Å²) in [6.07, 6.45) is 4.44. The van der Waals surface area contributed by atoms with Crippen LogP contribution in [0, 0.1) is 0 Å². The van der Waals surface area contributed by atoms with Gasteiger partial charge in [0.2, 0.25) is 0 Å². The number of hydrazine groups is 1. The van der Waals surface area contributed by atoms with E-state index >= 15 is 0 Å². The van der Waals surface area contributed by atoms with E-state index in [1.54, 1.807) is 29.1 Å². The zero-order valence-electron chi connectivity index (χ0n) is 9.45. The van der Waals surface area contributed by atoms with Crippen LogP contribution in [0.1, 0.15) is 9.67 Å². The van der Waals surface area contributed by atoms with Crippen LogP contribution in [0.2, 0.25) is 0 Å². The maximum absolute atomic E-state index is 11.7. The van der Waals surface area contributed by atoms with Crippen molar-refractivity contribution in [2.75, 3.05) is 6.26 Å². The van der Waals surface area contributed by atoms with Gasteiger partial charge in [0.25, 0.3) is 5.91 Å². The minimum atomic E-state index is -3.41. The number of nitrogens with two attached hydrogens (primary N) is 1. The molecule has 2 aromatic heterocycles. The van der Waals surface area contributed by atoms with Crippen LogP contribution in [0.4, 0.5) is 0 Å². The number of nitrogens with one attached hydrogen (secondary N) is 1. The number of carbonyl (C=O) groups is 1. The molecule has 2 heterocycles. The Morgan fingerprint density at radius 3 is 2.50 bits per heavy atom. The lowest BCUT2D eigenvalue weighted by Crippen LogP contribution is -2.30. The minimum Gasteiger partial charge on any atom is -0.321 e. The van der Waals surface area contributed by atoms with Gasteiger partial charge >= 0.3 is 0 Å². The number of sulfone groups is 1. The second-order valence-corrected chi connectivity index (χ2v) is 6.48. The van der Waals surface area contributed by atoms with E-state index in [0.717, 1.165) is 17.6 Å². The van der Waals surface area contributed by atoms with Crippen molar-refractivity contribution in [3.63, 3.8) is 0 Å². The molecule has 0 aromatic carbocycles. The highest BCUT2D eigenvalue weighted by atomic mass is 32.2. The van der Waals surface area contributed by atoms with Crippen molar-refractivity contribution >= 4 is 27.1 Å². The first-order chi connectivity index (χ1) is 8.45. The zero-order valence-corrected chi connectivity index (χ0v) is 11.1. The molecule has 0 atom stereocenters. The normalized spacial score (nSPS) is 11.4. The third-order valence-electron chi connectivity index (χ3n) is 2.33. The van der Waals surface area contributed by atoms with Crippen molar-refractivity contribution in [1.82, 2.24) is 9.99 Å². The lowest BCUT2D eigenvalue weighted by atomic mass is 10.3. The van der Waals surface area contributed by atoms with E-state index in [2.05, 4.69) is 0 Å². The first-order valence-electron chi connectivity index (χ1n) is 4.91. The van der Waals surface area contributed by atoms with Gasteiger partial charge < -0.3 is 4.57 Å². The predicted octanol–water partition coefficient (Wildman–Crippen LogP) is 0.546. The van der Waals surface area contributed by atoms with Gasteiger partial charge in [-0.2, -0.15) is 0 Å². The average molecular weight is 285 g/mol. The Bertz CT molecular complexity index is 671. The van der Waals surface area contributed by atoms with Crippen LogP contribution < -0.4 is 11.3 Å². The van der Waals surface area contributed by atoms with Crippen LogP contribution >= 0.6 is 11.3 Å². The molecule has 0 radical (unpaired) electrons. The molecule has 0 fully saturated rings. The monoisotopic (exact) mass is 285 g/mol. The number of hydrogen-bond donors (Lipinski definition) is 2. The molecule has 0 aliphatic carbocycles. The highest BCUT2D eigenvalue weighted by molar-refractivity contribution is 7.91. The van der Waals surface area contributed by atoms with Crippen molar-refractivity contribution < 1.29 is 13.2 Å². The van der Waals surface area contributed by atoms with E-state index in [9.17, 15) is 13.2 Å². The summed E-state index contributed by atoms with van der Waals surface area (Å²) < 4.78 is 25.0. The molecule has 0 aliphatic heterocycles. The fourth-order valence-electron chi connectivity index (χ4n) is 1.55. The number of carbonyl (C=O) groups excluding carboxylic acids is 1. The number of thiophene rings is 1. The van der Waals surface area contributed by atoms with Gasteiger partial charge in [0.15, 0.2) is 9.84 Å². The highest BCUT2D eigenvalue weighted by Crippen LogP contribution is 2.30. The first-order valence-corrected chi connectivity index (χ1v) is 7.68.